The smallest absolute Gasteiger partial charge is 0.119 e. The number of benzene rings is 3. The highest BCUT2D eigenvalue weighted by atomic mass is 16.5. The number of phenols is 1. The monoisotopic (exact) mass is 401 g/mol. The Kier molecular flexibility index (Phi) is 7.69. The molecule has 30 heavy (non-hydrogen) atoms. The van der Waals surface area contributed by atoms with Crippen LogP contribution in [0.25, 0.3) is 11.1 Å². The Bertz CT molecular complexity index is 940. The molecule has 0 bridgehead atoms. The highest BCUT2D eigenvalue weighted by molar-refractivity contribution is 5.97. The lowest BCUT2D eigenvalue weighted by Crippen LogP contribution is -2.27. The second kappa shape index (κ2) is 10.7. The molecule has 0 saturated heterocycles. The molecular weight excluding hydrogens is 370 g/mol. The van der Waals surface area contributed by atoms with Crippen molar-refractivity contribution in [3.63, 3.8) is 0 Å². The molecule has 0 heterocycles. The maximum Gasteiger partial charge on any atom is 0.119 e. The fourth-order valence-electron chi connectivity index (χ4n) is 3.61. The van der Waals surface area contributed by atoms with E-state index < -0.39 is 0 Å². The number of rotatable bonds is 9. The SMILES string of the molecule is CCN(CC)CCOc1ccc(/C(=C(/C)c2ccccc2)c2ccc(O)cc2)cc1. The minimum Gasteiger partial charge on any atom is -0.508 e. The Balaban J connectivity index is 1.88. The van der Waals surface area contributed by atoms with E-state index in [-0.39, 0.29) is 5.75 Å². The highest BCUT2D eigenvalue weighted by Crippen LogP contribution is 2.33. The minimum absolute atomic E-state index is 0.271. The zero-order valence-corrected chi connectivity index (χ0v) is 18.1. The molecule has 3 aromatic carbocycles. The van der Waals surface area contributed by atoms with Gasteiger partial charge in [0.2, 0.25) is 0 Å². The number of nitrogens with zero attached hydrogens (tertiary/aromatic N) is 1. The van der Waals surface area contributed by atoms with Gasteiger partial charge in [0.05, 0.1) is 0 Å². The van der Waals surface area contributed by atoms with Gasteiger partial charge in [0.1, 0.15) is 18.1 Å². The summed E-state index contributed by atoms with van der Waals surface area (Å²) in [4.78, 5) is 2.35. The summed E-state index contributed by atoms with van der Waals surface area (Å²) in [6, 6.07) is 26.1. The van der Waals surface area contributed by atoms with Gasteiger partial charge in [-0.3, -0.25) is 0 Å². The van der Waals surface area contributed by atoms with Crippen molar-refractivity contribution in [2.75, 3.05) is 26.2 Å². The molecule has 0 aliphatic heterocycles. The van der Waals surface area contributed by atoms with Crippen molar-refractivity contribution in [1.82, 2.24) is 4.90 Å². The van der Waals surface area contributed by atoms with Crippen LogP contribution in [-0.4, -0.2) is 36.2 Å². The number of ether oxygens (including phenoxy) is 1. The van der Waals surface area contributed by atoms with Gasteiger partial charge in [0.15, 0.2) is 0 Å². The zero-order valence-electron chi connectivity index (χ0n) is 18.1. The van der Waals surface area contributed by atoms with E-state index in [1.54, 1.807) is 12.1 Å². The second-order valence-corrected chi connectivity index (χ2v) is 7.31. The molecule has 0 atom stereocenters. The van der Waals surface area contributed by atoms with Crippen molar-refractivity contribution in [3.8, 4) is 11.5 Å². The second-order valence-electron chi connectivity index (χ2n) is 7.31. The number of hydrogen-bond donors (Lipinski definition) is 1. The maximum atomic E-state index is 9.72. The topological polar surface area (TPSA) is 32.7 Å². The van der Waals surface area contributed by atoms with Crippen LogP contribution in [0.5, 0.6) is 11.5 Å². The molecule has 0 unspecified atom stereocenters. The van der Waals surface area contributed by atoms with Crippen LogP contribution in [-0.2, 0) is 0 Å². The van der Waals surface area contributed by atoms with Crippen LogP contribution < -0.4 is 4.74 Å². The van der Waals surface area contributed by atoms with E-state index in [9.17, 15) is 5.11 Å². The largest absolute Gasteiger partial charge is 0.508 e. The number of hydrogen-bond acceptors (Lipinski definition) is 3. The van der Waals surface area contributed by atoms with Gasteiger partial charge in [-0.1, -0.05) is 68.4 Å². The number of likely N-dealkylation sites (N-methyl/N-ethyl adjacent to an activating group) is 1. The van der Waals surface area contributed by atoms with Gasteiger partial charge in [0, 0.05) is 6.54 Å². The van der Waals surface area contributed by atoms with Crippen molar-refractivity contribution >= 4 is 11.1 Å². The lowest BCUT2D eigenvalue weighted by Gasteiger charge is -2.18. The lowest BCUT2D eigenvalue weighted by molar-refractivity contribution is 0.223. The van der Waals surface area contributed by atoms with Crippen LogP contribution in [0.2, 0.25) is 0 Å². The first-order valence-corrected chi connectivity index (χ1v) is 10.6. The quantitative estimate of drug-likeness (QED) is 0.440. The third-order valence-electron chi connectivity index (χ3n) is 5.45. The Morgan fingerprint density at radius 2 is 1.33 bits per heavy atom. The van der Waals surface area contributed by atoms with Gasteiger partial charge in [-0.25, -0.2) is 0 Å². The molecule has 0 aliphatic rings. The predicted molar refractivity (Wildman–Crippen MR) is 126 cm³/mol. The van der Waals surface area contributed by atoms with E-state index in [0.29, 0.717) is 6.61 Å². The summed E-state index contributed by atoms with van der Waals surface area (Å²) in [7, 11) is 0. The summed E-state index contributed by atoms with van der Waals surface area (Å²) in [5, 5.41) is 9.72. The molecule has 0 radical (unpaired) electrons. The van der Waals surface area contributed by atoms with Crippen LogP contribution in [0, 0.1) is 0 Å². The summed E-state index contributed by atoms with van der Waals surface area (Å²) in [5.74, 6) is 1.15. The van der Waals surface area contributed by atoms with E-state index in [4.69, 9.17) is 4.74 Å². The van der Waals surface area contributed by atoms with Gasteiger partial charge in [-0.2, -0.15) is 0 Å². The number of phenolic OH excluding ortho intramolecular Hbond substituents is 1. The average molecular weight is 402 g/mol. The summed E-state index contributed by atoms with van der Waals surface area (Å²) in [5.41, 5.74) is 5.72. The fraction of sp³-hybridized carbons (Fsp3) is 0.259. The summed E-state index contributed by atoms with van der Waals surface area (Å²) >= 11 is 0. The molecule has 3 rings (SSSR count). The molecule has 156 valence electrons. The van der Waals surface area contributed by atoms with E-state index in [0.717, 1.165) is 42.1 Å². The molecule has 0 fully saturated rings. The van der Waals surface area contributed by atoms with Crippen molar-refractivity contribution in [3.05, 3.63) is 95.6 Å². The molecule has 0 spiro atoms. The van der Waals surface area contributed by atoms with Gasteiger partial charge >= 0.3 is 0 Å². The first-order chi connectivity index (χ1) is 14.6. The predicted octanol–water partition coefficient (Wildman–Crippen LogP) is 6.09. The Hall–Kier alpha value is -3.04. The fourth-order valence-corrected chi connectivity index (χ4v) is 3.61. The first kappa shape index (κ1) is 21.7. The Morgan fingerprint density at radius 3 is 1.90 bits per heavy atom. The molecule has 0 amide bonds. The standard InChI is InChI=1S/C27H31NO2/c1-4-28(5-2)19-20-30-26-17-13-24(14-18-26)27(23-11-15-25(29)16-12-23)21(3)22-9-7-6-8-10-22/h6-18,29H,4-5,19-20H2,1-3H3/b27-21-. The number of allylic oxidation sites excluding steroid dienone is 1. The summed E-state index contributed by atoms with van der Waals surface area (Å²) < 4.78 is 5.95. The van der Waals surface area contributed by atoms with E-state index in [1.807, 2.05) is 30.3 Å². The molecule has 0 aromatic heterocycles. The number of aromatic hydroxyl groups is 1. The highest BCUT2D eigenvalue weighted by Gasteiger charge is 2.11. The van der Waals surface area contributed by atoms with Crippen LogP contribution in [0.1, 0.15) is 37.5 Å². The first-order valence-electron chi connectivity index (χ1n) is 10.6. The van der Waals surface area contributed by atoms with E-state index in [2.05, 4.69) is 62.1 Å². The van der Waals surface area contributed by atoms with Crippen molar-refractivity contribution in [2.45, 2.75) is 20.8 Å². The Labute approximate surface area is 180 Å². The van der Waals surface area contributed by atoms with Gasteiger partial charge in [0.25, 0.3) is 0 Å². The average Bonchev–Trinajstić information content (AvgIpc) is 2.79. The van der Waals surface area contributed by atoms with E-state index in [1.165, 1.54) is 11.1 Å². The molecule has 0 aliphatic carbocycles. The molecule has 3 heteroatoms. The lowest BCUT2D eigenvalue weighted by atomic mass is 9.90. The van der Waals surface area contributed by atoms with Gasteiger partial charge in [-0.15, -0.1) is 0 Å². The van der Waals surface area contributed by atoms with Crippen LogP contribution >= 0.6 is 0 Å². The van der Waals surface area contributed by atoms with Crippen LogP contribution in [0.15, 0.2) is 78.9 Å². The molecule has 3 aromatic rings. The Morgan fingerprint density at radius 1 is 0.767 bits per heavy atom. The van der Waals surface area contributed by atoms with Crippen molar-refractivity contribution in [2.24, 2.45) is 0 Å². The van der Waals surface area contributed by atoms with Gasteiger partial charge < -0.3 is 14.7 Å². The molecule has 3 nitrogen and oxygen atoms in total. The van der Waals surface area contributed by atoms with Gasteiger partial charge in [-0.05, 0) is 72.1 Å². The van der Waals surface area contributed by atoms with Crippen LogP contribution in [0.4, 0.5) is 0 Å². The van der Waals surface area contributed by atoms with Crippen molar-refractivity contribution in [1.29, 1.82) is 0 Å². The van der Waals surface area contributed by atoms with E-state index >= 15 is 0 Å². The maximum absolute atomic E-state index is 9.72. The summed E-state index contributed by atoms with van der Waals surface area (Å²) in [6.45, 7) is 10.2. The third-order valence-corrected chi connectivity index (χ3v) is 5.45. The zero-order chi connectivity index (χ0) is 21.3. The molecular formula is C27H31NO2. The minimum atomic E-state index is 0.271. The molecule has 1 N–H and O–H groups in total. The molecule has 0 saturated carbocycles. The third kappa shape index (κ3) is 5.52. The summed E-state index contributed by atoms with van der Waals surface area (Å²) in [6.07, 6.45) is 0. The van der Waals surface area contributed by atoms with Crippen molar-refractivity contribution < 1.29 is 9.84 Å². The van der Waals surface area contributed by atoms with Crippen LogP contribution in [0.3, 0.4) is 0 Å². The normalized spacial score (nSPS) is 12.0.